The second-order valence-electron chi connectivity index (χ2n) is 2.26. The van der Waals surface area contributed by atoms with E-state index < -0.39 is 0 Å². The molecule has 0 spiro atoms. The first-order chi connectivity index (χ1) is 6.27. The standard InChI is InChI=1S/C8H12N2O2S/c1-3-12-7(11)6-5-9-8(10-6)13-4-2/h5H,3-4H2,1-2H3,(H,9,10). The zero-order chi connectivity index (χ0) is 9.68. The summed E-state index contributed by atoms with van der Waals surface area (Å²) in [5.74, 6) is 0.577. The fraction of sp³-hybridized carbons (Fsp3) is 0.500. The zero-order valence-electron chi connectivity index (χ0n) is 7.66. The molecule has 0 unspecified atom stereocenters. The quantitative estimate of drug-likeness (QED) is 0.593. The van der Waals surface area contributed by atoms with Gasteiger partial charge in [-0.1, -0.05) is 18.7 Å². The van der Waals surface area contributed by atoms with Crippen LogP contribution in [0.5, 0.6) is 0 Å². The van der Waals surface area contributed by atoms with Crippen LogP contribution >= 0.6 is 11.8 Å². The molecule has 4 nitrogen and oxygen atoms in total. The van der Waals surface area contributed by atoms with Crippen molar-refractivity contribution < 1.29 is 9.53 Å². The summed E-state index contributed by atoms with van der Waals surface area (Å²) in [6, 6.07) is 0. The molecule has 0 aliphatic carbocycles. The van der Waals surface area contributed by atoms with Crippen LogP contribution in [-0.2, 0) is 4.74 Å². The number of carbonyl (C=O) groups excluding carboxylic acids is 1. The molecule has 0 saturated heterocycles. The number of carbonyl (C=O) groups is 1. The third-order valence-corrected chi connectivity index (χ3v) is 2.10. The number of hydrogen-bond donors (Lipinski definition) is 1. The predicted molar refractivity (Wildman–Crippen MR) is 50.9 cm³/mol. The Bertz CT molecular complexity index is 285. The number of ether oxygens (including phenoxy) is 1. The van der Waals surface area contributed by atoms with Gasteiger partial charge in [0, 0.05) is 0 Å². The van der Waals surface area contributed by atoms with Gasteiger partial charge in [0.1, 0.15) is 5.69 Å². The highest BCUT2D eigenvalue weighted by molar-refractivity contribution is 7.99. The summed E-state index contributed by atoms with van der Waals surface area (Å²) in [5.41, 5.74) is 0.415. The average Bonchev–Trinajstić information content (AvgIpc) is 2.54. The van der Waals surface area contributed by atoms with Gasteiger partial charge in [-0.2, -0.15) is 0 Å². The molecule has 1 heterocycles. The van der Waals surface area contributed by atoms with E-state index in [1.54, 1.807) is 18.7 Å². The molecule has 0 fully saturated rings. The Morgan fingerprint density at radius 3 is 3.08 bits per heavy atom. The van der Waals surface area contributed by atoms with Crippen molar-refractivity contribution in [2.24, 2.45) is 0 Å². The van der Waals surface area contributed by atoms with E-state index in [2.05, 4.69) is 9.97 Å². The number of thioether (sulfide) groups is 1. The second kappa shape index (κ2) is 4.91. The minimum Gasteiger partial charge on any atom is -0.461 e. The van der Waals surface area contributed by atoms with Gasteiger partial charge in [0.2, 0.25) is 0 Å². The lowest BCUT2D eigenvalue weighted by atomic mass is 10.5. The first kappa shape index (κ1) is 10.1. The van der Waals surface area contributed by atoms with Gasteiger partial charge >= 0.3 is 5.97 Å². The Labute approximate surface area is 81.1 Å². The van der Waals surface area contributed by atoms with E-state index in [0.717, 1.165) is 10.9 Å². The van der Waals surface area contributed by atoms with E-state index in [1.807, 2.05) is 6.92 Å². The van der Waals surface area contributed by atoms with Crippen molar-refractivity contribution in [2.45, 2.75) is 19.0 Å². The maximum atomic E-state index is 11.2. The summed E-state index contributed by atoms with van der Waals surface area (Å²) < 4.78 is 4.80. The molecule has 0 aromatic carbocycles. The third-order valence-electron chi connectivity index (χ3n) is 1.33. The Morgan fingerprint density at radius 1 is 1.69 bits per heavy atom. The average molecular weight is 200 g/mol. The van der Waals surface area contributed by atoms with Gasteiger partial charge < -0.3 is 9.72 Å². The number of aromatic nitrogens is 2. The Hall–Kier alpha value is -0.970. The number of aromatic amines is 1. The lowest BCUT2D eigenvalue weighted by molar-refractivity contribution is 0.0519. The van der Waals surface area contributed by atoms with Crippen LogP contribution in [0.1, 0.15) is 24.3 Å². The summed E-state index contributed by atoms with van der Waals surface area (Å²) in [6.07, 6.45) is 1.50. The first-order valence-electron chi connectivity index (χ1n) is 4.12. The molecule has 0 saturated carbocycles. The van der Waals surface area contributed by atoms with Crippen LogP contribution in [0.3, 0.4) is 0 Å². The molecule has 1 aromatic heterocycles. The topological polar surface area (TPSA) is 55.0 Å². The van der Waals surface area contributed by atoms with Gasteiger partial charge in [-0.05, 0) is 12.7 Å². The van der Waals surface area contributed by atoms with Crippen molar-refractivity contribution in [2.75, 3.05) is 12.4 Å². The van der Waals surface area contributed by atoms with Crippen LogP contribution < -0.4 is 0 Å². The molecule has 0 aliphatic rings. The van der Waals surface area contributed by atoms with Crippen LogP contribution in [-0.4, -0.2) is 28.3 Å². The monoisotopic (exact) mass is 200 g/mol. The molecular weight excluding hydrogens is 188 g/mol. The summed E-state index contributed by atoms with van der Waals surface area (Å²) in [6.45, 7) is 4.18. The van der Waals surface area contributed by atoms with Crippen molar-refractivity contribution in [1.29, 1.82) is 0 Å². The van der Waals surface area contributed by atoms with E-state index in [9.17, 15) is 4.79 Å². The Morgan fingerprint density at radius 2 is 2.46 bits per heavy atom. The highest BCUT2D eigenvalue weighted by atomic mass is 32.2. The summed E-state index contributed by atoms with van der Waals surface area (Å²) >= 11 is 1.56. The lowest BCUT2D eigenvalue weighted by Gasteiger charge is -1.96. The van der Waals surface area contributed by atoms with Crippen molar-refractivity contribution in [1.82, 2.24) is 9.97 Å². The van der Waals surface area contributed by atoms with Crippen LogP contribution in [0.2, 0.25) is 0 Å². The van der Waals surface area contributed by atoms with Gasteiger partial charge in [-0.3, -0.25) is 0 Å². The first-order valence-corrected chi connectivity index (χ1v) is 5.11. The smallest absolute Gasteiger partial charge is 0.356 e. The fourth-order valence-electron chi connectivity index (χ4n) is 0.826. The Kier molecular flexibility index (Phi) is 3.82. The zero-order valence-corrected chi connectivity index (χ0v) is 8.48. The number of H-pyrrole nitrogens is 1. The number of esters is 1. The number of nitrogens with zero attached hydrogens (tertiary/aromatic N) is 1. The number of rotatable bonds is 4. The van der Waals surface area contributed by atoms with Crippen LogP contribution in [0.25, 0.3) is 0 Å². The molecule has 5 heteroatoms. The number of nitrogens with one attached hydrogen (secondary N) is 1. The highest BCUT2D eigenvalue weighted by Gasteiger charge is 2.09. The maximum Gasteiger partial charge on any atom is 0.356 e. The molecule has 13 heavy (non-hydrogen) atoms. The molecule has 0 atom stereocenters. The van der Waals surface area contributed by atoms with Crippen molar-refractivity contribution in [3.8, 4) is 0 Å². The van der Waals surface area contributed by atoms with Gasteiger partial charge in [-0.15, -0.1) is 0 Å². The lowest BCUT2D eigenvalue weighted by Crippen LogP contribution is -2.04. The molecule has 0 aliphatic heterocycles. The maximum absolute atomic E-state index is 11.2. The Balaban J connectivity index is 2.62. The van der Waals surface area contributed by atoms with Crippen LogP contribution in [0, 0.1) is 0 Å². The minimum atomic E-state index is -0.349. The van der Waals surface area contributed by atoms with E-state index >= 15 is 0 Å². The van der Waals surface area contributed by atoms with Gasteiger partial charge in [-0.25, -0.2) is 9.78 Å². The molecule has 0 bridgehead atoms. The number of imidazole rings is 1. The summed E-state index contributed by atoms with van der Waals surface area (Å²) in [5, 5.41) is 0.755. The molecule has 0 amide bonds. The van der Waals surface area contributed by atoms with E-state index in [1.165, 1.54) is 6.20 Å². The predicted octanol–water partition coefficient (Wildman–Crippen LogP) is 1.70. The number of hydrogen-bond acceptors (Lipinski definition) is 4. The van der Waals surface area contributed by atoms with Crippen molar-refractivity contribution in [3.05, 3.63) is 11.9 Å². The summed E-state index contributed by atoms with van der Waals surface area (Å²) in [7, 11) is 0. The molecule has 1 N–H and O–H groups in total. The van der Waals surface area contributed by atoms with E-state index in [0.29, 0.717) is 12.3 Å². The molecule has 0 radical (unpaired) electrons. The molecular formula is C8H12N2O2S. The normalized spacial score (nSPS) is 10.0. The SMILES string of the molecule is CCOC(=O)c1cnc(SCC)[nH]1. The van der Waals surface area contributed by atoms with E-state index in [-0.39, 0.29) is 5.97 Å². The van der Waals surface area contributed by atoms with Gasteiger partial charge in [0.15, 0.2) is 5.16 Å². The second-order valence-corrected chi connectivity index (χ2v) is 3.51. The minimum absolute atomic E-state index is 0.349. The van der Waals surface area contributed by atoms with Gasteiger partial charge in [0.05, 0.1) is 12.8 Å². The fourth-order valence-corrected chi connectivity index (χ4v) is 1.41. The van der Waals surface area contributed by atoms with Crippen LogP contribution in [0.4, 0.5) is 0 Å². The third kappa shape index (κ3) is 2.77. The molecule has 1 aromatic rings. The van der Waals surface area contributed by atoms with Crippen LogP contribution in [0.15, 0.2) is 11.4 Å². The summed E-state index contributed by atoms with van der Waals surface area (Å²) in [4.78, 5) is 18.1. The van der Waals surface area contributed by atoms with E-state index in [4.69, 9.17) is 4.74 Å². The highest BCUT2D eigenvalue weighted by Crippen LogP contribution is 2.12. The largest absolute Gasteiger partial charge is 0.461 e. The van der Waals surface area contributed by atoms with Crippen molar-refractivity contribution in [3.63, 3.8) is 0 Å². The molecule has 1 rings (SSSR count). The van der Waals surface area contributed by atoms with Crippen molar-refractivity contribution >= 4 is 17.7 Å². The molecule has 72 valence electrons. The van der Waals surface area contributed by atoms with Gasteiger partial charge in [0.25, 0.3) is 0 Å².